The lowest BCUT2D eigenvalue weighted by molar-refractivity contribution is 0.0945. The molecule has 0 fully saturated rings. The van der Waals surface area contributed by atoms with Gasteiger partial charge in [-0.2, -0.15) is 0 Å². The highest BCUT2D eigenvalue weighted by molar-refractivity contribution is 7.10. The van der Waals surface area contributed by atoms with Gasteiger partial charge < -0.3 is 10.1 Å². The second kappa shape index (κ2) is 8.37. The summed E-state index contributed by atoms with van der Waals surface area (Å²) in [5.41, 5.74) is 1.99. The van der Waals surface area contributed by atoms with Crippen molar-refractivity contribution in [1.29, 1.82) is 0 Å². The molecule has 138 valence electrons. The van der Waals surface area contributed by atoms with E-state index in [0.717, 1.165) is 31.8 Å². The Morgan fingerprint density at radius 1 is 1.07 bits per heavy atom. The van der Waals surface area contributed by atoms with Crippen molar-refractivity contribution >= 4 is 17.2 Å². The molecule has 1 aromatic heterocycles. The van der Waals surface area contributed by atoms with Crippen molar-refractivity contribution in [3.63, 3.8) is 0 Å². The highest BCUT2D eigenvalue weighted by Crippen LogP contribution is 2.25. The molecule has 2 heterocycles. The van der Waals surface area contributed by atoms with Crippen LogP contribution in [0.5, 0.6) is 11.5 Å². The van der Waals surface area contributed by atoms with E-state index in [9.17, 15) is 4.79 Å². The standard InChI is InChI=1S/C22H22N2O2S/c25-22(23-12-14-24-13-10-21-17(16-24)11-15-27-21)19-8-4-5-9-20(19)26-18-6-2-1-3-7-18/h1-9,11,15H,10,12-14,16H2,(H,23,25). The van der Waals surface area contributed by atoms with E-state index in [4.69, 9.17) is 4.74 Å². The molecule has 0 saturated heterocycles. The van der Waals surface area contributed by atoms with Crippen LogP contribution in [-0.4, -0.2) is 30.4 Å². The topological polar surface area (TPSA) is 41.6 Å². The second-order valence-electron chi connectivity index (χ2n) is 6.56. The normalized spacial score (nSPS) is 13.8. The number of fused-ring (bicyclic) bond motifs is 1. The van der Waals surface area contributed by atoms with E-state index in [1.165, 1.54) is 10.4 Å². The van der Waals surface area contributed by atoms with Crippen LogP contribution in [0.1, 0.15) is 20.8 Å². The van der Waals surface area contributed by atoms with E-state index in [1.807, 2.05) is 59.9 Å². The fourth-order valence-corrected chi connectivity index (χ4v) is 4.17. The van der Waals surface area contributed by atoms with Crippen molar-refractivity contribution in [3.05, 3.63) is 82.0 Å². The fraction of sp³-hybridized carbons (Fsp3) is 0.227. The predicted molar refractivity (Wildman–Crippen MR) is 109 cm³/mol. The Bertz CT molecular complexity index is 907. The van der Waals surface area contributed by atoms with Gasteiger partial charge in [-0.3, -0.25) is 9.69 Å². The molecule has 1 N–H and O–H groups in total. The van der Waals surface area contributed by atoms with E-state index in [-0.39, 0.29) is 5.91 Å². The summed E-state index contributed by atoms with van der Waals surface area (Å²) < 4.78 is 5.89. The van der Waals surface area contributed by atoms with Crippen LogP contribution in [-0.2, 0) is 13.0 Å². The lowest BCUT2D eigenvalue weighted by atomic mass is 10.1. The fourth-order valence-electron chi connectivity index (χ4n) is 3.28. The average Bonchev–Trinajstić information content (AvgIpc) is 3.17. The number of nitrogens with one attached hydrogen (secondary N) is 1. The van der Waals surface area contributed by atoms with Crippen LogP contribution >= 0.6 is 11.3 Å². The number of hydrogen-bond donors (Lipinski definition) is 1. The van der Waals surface area contributed by atoms with Gasteiger partial charge in [-0.05, 0) is 47.7 Å². The maximum absolute atomic E-state index is 12.6. The molecule has 4 nitrogen and oxygen atoms in total. The monoisotopic (exact) mass is 378 g/mol. The highest BCUT2D eigenvalue weighted by atomic mass is 32.1. The summed E-state index contributed by atoms with van der Waals surface area (Å²) in [6.45, 7) is 3.50. The lowest BCUT2D eigenvalue weighted by Crippen LogP contribution is -2.37. The van der Waals surface area contributed by atoms with Gasteiger partial charge in [0.25, 0.3) is 5.91 Å². The number of carbonyl (C=O) groups excluding carboxylic acids is 1. The van der Waals surface area contributed by atoms with Crippen molar-refractivity contribution in [1.82, 2.24) is 10.2 Å². The Labute approximate surface area is 163 Å². The summed E-state index contributed by atoms with van der Waals surface area (Å²) in [6.07, 6.45) is 1.11. The first-order valence-corrected chi connectivity index (χ1v) is 10.1. The molecule has 27 heavy (non-hydrogen) atoms. The number of carbonyl (C=O) groups is 1. The van der Waals surface area contributed by atoms with Gasteiger partial charge in [0.1, 0.15) is 11.5 Å². The van der Waals surface area contributed by atoms with Gasteiger partial charge in [0.15, 0.2) is 0 Å². The maximum atomic E-state index is 12.6. The third-order valence-corrected chi connectivity index (χ3v) is 5.73. The Hall–Kier alpha value is -2.63. The van der Waals surface area contributed by atoms with Crippen LogP contribution in [0.2, 0.25) is 0 Å². The van der Waals surface area contributed by atoms with Crippen LogP contribution in [0.3, 0.4) is 0 Å². The molecule has 0 saturated carbocycles. The molecule has 5 heteroatoms. The van der Waals surface area contributed by atoms with Crippen molar-refractivity contribution in [2.24, 2.45) is 0 Å². The van der Waals surface area contributed by atoms with Crippen LogP contribution in [0.15, 0.2) is 66.0 Å². The Morgan fingerprint density at radius 2 is 1.89 bits per heavy atom. The molecule has 1 aliphatic heterocycles. The van der Waals surface area contributed by atoms with Gasteiger partial charge in [0.2, 0.25) is 0 Å². The number of nitrogens with zero attached hydrogens (tertiary/aromatic N) is 1. The summed E-state index contributed by atoms with van der Waals surface area (Å²) in [7, 11) is 0. The molecule has 1 aliphatic rings. The summed E-state index contributed by atoms with van der Waals surface area (Å²) >= 11 is 1.85. The largest absolute Gasteiger partial charge is 0.457 e. The van der Waals surface area contributed by atoms with E-state index < -0.39 is 0 Å². The first kappa shape index (κ1) is 17.8. The van der Waals surface area contributed by atoms with E-state index in [2.05, 4.69) is 21.7 Å². The molecule has 0 aliphatic carbocycles. The van der Waals surface area contributed by atoms with Gasteiger partial charge in [0, 0.05) is 31.1 Å². The van der Waals surface area contributed by atoms with Crippen LogP contribution < -0.4 is 10.1 Å². The number of hydrogen-bond acceptors (Lipinski definition) is 4. The molecule has 0 unspecified atom stereocenters. The first-order valence-electron chi connectivity index (χ1n) is 9.17. The third-order valence-electron chi connectivity index (χ3n) is 4.70. The number of ether oxygens (including phenoxy) is 1. The summed E-state index contributed by atoms with van der Waals surface area (Å²) in [5.74, 6) is 1.19. The number of amides is 1. The minimum Gasteiger partial charge on any atom is -0.457 e. The number of para-hydroxylation sites is 2. The SMILES string of the molecule is O=C(NCCN1CCc2sccc2C1)c1ccccc1Oc1ccccc1. The number of rotatable bonds is 6. The van der Waals surface area contributed by atoms with Crippen LogP contribution in [0, 0.1) is 0 Å². The summed E-state index contributed by atoms with van der Waals surface area (Å²) in [5, 5.41) is 5.20. The first-order chi connectivity index (χ1) is 13.3. The lowest BCUT2D eigenvalue weighted by Gasteiger charge is -2.26. The van der Waals surface area contributed by atoms with Gasteiger partial charge in [0.05, 0.1) is 5.56 Å². The molecule has 3 aromatic rings. The number of thiophene rings is 1. The molecule has 0 spiro atoms. The molecule has 0 atom stereocenters. The van der Waals surface area contributed by atoms with E-state index in [0.29, 0.717) is 17.9 Å². The quantitative estimate of drug-likeness (QED) is 0.694. The van der Waals surface area contributed by atoms with Gasteiger partial charge >= 0.3 is 0 Å². The molecule has 2 aromatic carbocycles. The van der Waals surface area contributed by atoms with Gasteiger partial charge in [-0.15, -0.1) is 11.3 Å². The van der Waals surface area contributed by atoms with E-state index in [1.54, 1.807) is 6.07 Å². The zero-order valence-electron chi connectivity index (χ0n) is 15.1. The summed E-state index contributed by atoms with van der Waals surface area (Å²) in [4.78, 5) is 16.5. The highest BCUT2D eigenvalue weighted by Gasteiger charge is 2.17. The van der Waals surface area contributed by atoms with Crippen molar-refractivity contribution in [2.45, 2.75) is 13.0 Å². The Balaban J connectivity index is 1.34. The molecule has 4 rings (SSSR count). The predicted octanol–water partition coefficient (Wildman–Crippen LogP) is 4.33. The Morgan fingerprint density at radius 3 is 2.78 bits per heavy atom. The van der Waals surface area contributed by atoms with Crippen molar-refractivity contribution in [3.8, 4) is 11.5 Å². The van der Waals surface area contributed by atoms with Crippen molar-refractivity contribution in [2.75, 3.05) is 19.6 Å². The molecule has 0 bridgehead atoms. The van der Waals surface area contributed by atoms with E-state index >= 15 is 0 Å². The zero-order valence-corrected chi connectivity index (χ0v) is 15.9. The summed E-state index contributed by atoms with van der Waals surface area (Å²) in [6, 6.07) is 19.1. The molecule has 0 radical (unpaired) electrons. The van der Waals surface area contributed by atoms with Crippen LogP contribution in [0.25, 0.3) is 0 Å². The van der Waals surface area contributed by atoms with Crippen molar-refractivity contribution < 1.29 is 9.53 Å². The number of benzene rings is 2. The zero-order chi connectivity index (χ0) is 18.5. The van der Waals surface area contributed by atoms with Gasteiger partial charge in [-0.25, -0.2) is 0 Å². The third kappa shape index (κ3) is 4.38. The second-order valence-corrected chi connectivity index (χ2v) is 7.56. The smallest absolute Gasteiger partial charge is 0.255 e. The minimum atomic E-state index is -0.102. The minimum absolute atomic E-state index is 0.102. The van der Waals surface area contributed by atoms with Gasteiger partial charge in [-0.1, -0.05) is 30.3 Å². The Kier molecular flexibility index (Phi) is 5.51. The van der Waals surface area contributed by atoms with Crippen LogP contribution in [0.4, 0.5) is 0 Å². The maximum Gasteiger partial charge on any atom is 0.255 e. The molecular formula is C22H22N2O2S. The average molecular weight is 378 g/mol. The molecular weight excluding hydrogens is 356 g/mol. The molecule has 1 amide bonds.